The number of carbonyl (C=O) groups is 1. The van der Waals surface area contributed by atoms with Crippen LogP contribution in [0.15, 0.2) is 30.3 Å². The van der Waals surface area contributed by atoms with Crippen molar-refractivity contribution >= 4 is 5.78 Å². The van der Waals surface area contributed by atoms with Gasteiger partial charge in [0.05, 0.1) is 6.10 Å². The Hall–Kier alpha value is -1.19. The highest BCUT2D eigenvalue weighted by molar-refractivity contribution is 5.75. The number of benzene rings is 1. The van der Waals surface area contributed by atoms with Crippen LogP contribution in [0, 0.1) is 0 Å². The molecule has 0 aromatic heterocycles. The monoisotopic (exact) mass is 249 g/mol. The molecule has 0 radical (unpaired) electrons. The maximum absolute atomic E-state index is 11.1. The van der Waals surface area contributed by atoms with Gasteiger partial charge in [0.15, 0.2) is 0 Å². The van der Waals surface area contributed by atoms with Gasteiger partial charge in [0, 0.05) is 26.1 Å². The summed E-state index contributed by atoms with van der Waals surface area (Å²) in [6, 6.07) is 10.1. The number of Topliss-reactive ketones (excluding diaryl/α,β-unsaturated/α-hetero) is 1. The average Bonchev–Trinajstić information content (AvgIpc) is 2.37. The molecule has 0 bridgehead atoms. The third-order valence-electron chi connectivity index (χ3n) is 2.97. The summed E-state index contributed by atoms with van der Waals surface area (Å²) in [6.07, 6.45) is 0.968. The summed E-state index contributed by atoms with van der Waals surface area (Å²) < 4.78 is 0. The van der Waals surface area contributed by atoms with Gasteiger partial charge in [0.2, 0.25) is 0 Å². The fourth-order valence-electron chi connectivity index (χ4n) is 1.82. The van der Waals surface area contributed by atoms with Crippen LogP contribution in [0.4, 0.5) is 0 Å². The lowest BCUT2D eigenvalue weighted by molar-refractivity contribution is -0.117. The highest BCUT2D eigenvalue weighted by Gasteiger charge is 2.11. The SMILES string of the molecule is CCC(O)CN(CCC(C)=O)Cc1ccccc1. The summed E-state index contributed by atoms with van der Waals surface area (Å²) >= 11 is 0. The summed E-state index contributed by atoms with van der Waals surface area (Å²) in [6.45, 7) is 5.69. The van der Waals surface area contributed by atoms with Crippen molar-refractivity contribution < 1.29 is 9.90 Å². The second kappa shape index (κ2) is 8.01. The number of aliphatic hydroxyl groups excluding tert-OH is 1. The zero-order valence-electron chi connectivity index (χ0n) is 11.3. The molecule has 18 heavy (non-hydrogen) atoms. The van der Waals surface area contributed by atoms with Crippen molar-refractivity contribution in [3.05, 3.63) is 35.9 Å². The fourth-order valence-corrected chi connectivity index (χ4v) is 1.82. The van der Waals surface area contributed by atoms with Crippen LogP contribution in [0.1, 0.15) is 32.3 Å². The van der Waals surface area contributed by atoms with E-state index >= 15 is 0 Å². The van der Waals surface area contributed by atoms with Crippen molar-refractivity contribution in [3.63, 3.8) is 0 Å². The molecule has 0 aliphatic rings. The molecule has 3 heteroatoms. The molecule has 0 saturated heterocycles. The zero-order chi connectivity index (χ0) is 13.4. The van der Waals surface area contributed by atoms with Gasteiger partial charge in [-0.25, -0.2) is 0 Å². The molecule has 0 heterocycles. The molecule has 1 unspecified atom stereocenters. The minimum absolute atomic E-state index is 0.194. The highest BCUT2D eigenvalue weighted by Crippen LogP contribution is 2.07. The van der Waals surface area contributed by atoms with Crippen molar-refractivity contribution in [2.75, 3.05) is 13.1 Å². The van der Waals surface area contributed by atoms with E-state index in [4.69, 9.17) is 0 Å². The molecule has 1 N–H and O–H groups in total. The predicted octanol–water partition coefficient (Wildman–Crippen LogP) is 2.24. The highest BCUT2D eigenvalue weighted by atomic mass is 16.3. The second-order valence-corrected chi connectivity index (χ2v) is 4.73. The molecule has 0 aliphatic heterocycles. The molecule has 0 amide bonds. The van der Waals surface area contributed by atoms with E-state index in [9.17, 15) is 9.90 Å². The Morgan fingerprint density at radius 2 is 2.00 bits per heavy atom. The topological polar surface area (TPSA) is 40.5 Å². The fraction of sp³-hybridized carbons (Fsp3) is 0.533. The van der Waals surface area contributed by atoms with E-state index in [1.54, 1.807) is 6.92 Å². The summed E-state index contributed by atoms with van der Waals surface area (Å²) in [5.74, 6) is 0.194. The Morgan fingerprint density at radius 3 is 2.56 bits per heavy atom. The quantitative estimate of drug-likeness (QED) is 0.768. The standard InChI is InChI=1S/C15H23NO2/c1-3-15(18)12-16(10-9-13(2)17)11-14-7-5-4-6-8-14/h4-8,15,18H,3,9-12H2,1-2H3. The number of aliphatic hydroxyl groups is 1. The van der Waals surface area contributed by atoms with Gasteiger partial charge in [-0.2, -0.15) is 0 Å². The minimum Gasteiger partial charge on any atom is -0.392 e. The summed E-state index contributed by atoms with van der Waals surface area (Å²) in [7, 11) is 0. The molecule has 0 aliphatic carbocycles. The number of ketones is 1. The molecule has 0 saturated carbocycles. The maximum atomic E-state index is 11.1. The van der Waals surface area contributed by atoms with Crippen molar-refractivity contribution in [2.45, 2.75) is 39.3 Å². The van der Waals surface area contributed by atoms with Crippen molar-refractivity contribution in [1.82, 2.24) is 4.90 Å². The van der Waals surface area contributed by atoms with Gasteiger partial charge in [-0.3, -0.25) is 9.69 Å². The van der Waals surface area contributed by atoms with Crippen LogP contribution in [0.2, 0.25) is 0 Å². The van der Waals surface area contributed by atoms with E-state index in [1.807, 2.05) is 25.1 Å². The van der Waals surface area contributed by atoms with E-state index in [0.29, 0.717) is 19.5 Å². The Bertz CT molecular complexity index is 351. The van der Waals surface area contributed by atoms with Crippen molar-refractivity contribution in [2.24, 2.45) is 0 Å². The van der Waals surface area contributed by atoms with Crippen LogP contribution in [-0.4, -0.2) is 35.0 Å². The zero-order valence-corrected chi connectivity index (χ0v) is 11.3. The van der Waals surface area contributed by atoms with Gasteiger partial charge in [-0.1, -0.05) is 37.3 Å². The second-order valence-electron chi connectivity index (χ2n) is 4.73. The van der Waals surface area contributed by atoms with Crippen LogP contribution in [-0.2, 0) is 11.3 Å². The number of nitrogens with zero attached hydrogens (tertiary/aromatic N) is 1. The summed E-state index contributed by atoms with van der Waals surface area (Å²) in [5, 5.41) is 9.74. The molecule has 1 atom stereocenters. The number of carbonyl (C=O) groups excluding carboxylic acids is 1. The van der Waals surface area contributed by atoms with Crippen molar-refractivity contribution in [1.29, 1.82) is 0 Å². The normalized spacial score (nSPS) is 12.7. The first-order valence-electron chi connectivity index (χ1n) is 6.55. The summed E-state index contributed by atoms with van der Waals surface area (Å²) in [4.78, 5) is 13.2. The van der Waals surface area contributed by atoms with E-state index in [1.165, 1.54) is 5.56 Å². The minimum atomic E-state index is -0.319. The molecular formula is C15H23NO2. The first-order chi connectivity index (χ1) is 8.61. The average molecular weight is 249 g/mol. The van der Waals surface area contributed by atoms with E-state index < -0.39 is 0 Å². The van der Waals surface area contributed by atoms with E-state index in [-0.39, 0.29) is 11.9 Å². The number of hydrogen-bond donors (Lipinski definition) is 1. The third-order valence-corrected chi connectivity index (χ3v) is 2.97. The lowest BCUT2D eigenvalue weighted by Crippen LogP contribution is -2.33. The first kappa shape index (κ1) is 14.9. The van der Waals surface area contributed by atoms with Gasteiger partial charge in [0.1, 0.15) is 5.78 Å². The number of hydrogen-bond acceptors (Lipinski definition) is 3. The Kier molecular flexibility index (Phi) is 6.61. The van der Waals surface area contributed by atoms with Crippen LogP contribution in [0.5, 0.6) is 0 Å². The van der Waals surface area contributed by atoms with E-state index in [2.05, 4.69) is 17.0 Å². The molecule has 1 aromatic rings. The van der Waals surface area contributed by atoms with Gasteiger partial charge in [0.25, 0.3) is 0 Å². The molecule has 1 rings (SSSR count). The molecular weight excluding hydrogens is 226 g/mol. The first-order valence-corrected chi connectivity index (χ1v) is 6.55. The van der Waals surface area contributed by atoms with Crippen molar-refractivity contribution in [3.8, 4) is 0 Å². The smallest absolute Gasteiger partial charge is 0.131 e. The Balaban J connectivity index is 2.56. The largest absolute Gasteiger partial charge is 0.392 e. The lowest BCUT2D eigenvalue weighted by Gasteiger charge is -2.24. The van der Waals surface area contributed by atoms with Gasteiger partial charge in [-0.15, -0.1) is 0 Å². The van der Waals surface area contributed by atoms with Crippen LogP contribution in [0.3, 0.4) is 0 Å². The molecule has 0 fully saturated rings. The molecule has 3 nitrogen and oxygen atoms in total. The van der Waals surface area contributed by atoms with Gasteiger partial charge >= 0.3 is 0 Å². The predicted molar refractivity (Wildman–Crippen MR) is 73.3 cm³/mol. The third kappa shape index (κ3) is 5.94. The molecule has 100 valence electrons. The van der Waals surface area contributed by atoms with Crippen LogP contribution in [0.25, 0.3) is 0 Å². The lowest BCUT2D eigenvalue weighted by atomic mass is 10.1. The maximum Gasteiger partial charge on any atom is 0.131 e. The molecule has 1 aromatic carbocycles. The summed E-state index contributed by atoms with van der Waals surface area (Å²) in [5.41, 5.74) is 1.21. The van der Waals surface area contributed by atoms with Crippen LogP contribution < -0.4 is 0 Å². The number of rotatable bonds is 8. The Morgan fingerprint density at radius 1 is 1.33 bits per heavy atom. The van der Waals surface area contributed by atoms with Crippen LogP contribution >= 0.6 is 0 Å². The molecule has 0 spiro atoms. The Labute approximate surface area is 109 Å². The van der Waals surface area contributed by atoms with Gasteiger partial charge in [-0.05, 0) is 18.9 Å². The van der Waals surface area contributed by atoms with E-state index in [0.717, 1.165) is 13.0 Å². The van der Waals surface area contributed by atoms with Gasteiger partial charge < -0.3 is 5.11 Å².